The Balaban J connectivity index is 0.00000484. The van der Waals surface area contributed by atoms with Gasteiger partial charge in [0.15, 0.2) is 5.96 Å². The molecule has 132 valence electrons. The Morgan fingerprint density at radius 1 is 1.35 bits per heavy atom. The van der Waals surface area contributed by atoms with Gasteiger partial charge in [0.1, 0.15) is 5.82 Å². The summed E-state index contributed by atoms with van der Waals surface area (Å²) in [5.74, 6) is 0.551. The molecule has 1 unspecified atom stereocenters. The predicted octanol–water partition coefficient (Wildman–Crippen LogP) is 3.79. The molecule has 2 N–H and O–H groups in total. The van der Waals surface area contributed by atoms with Crippen molar-refractivity contribution in [3.63, 3.8) is 0 Å². The van der Waals surface area contributed by atoms with Crippen molar-refractivity contribution in [2.75, 3.05) is 26.8 Å². The second-order valence-electron chi connectivity index (χ2n) is 5.28. The van der Waals surface area contributed by atoms with Gasteiger partial charge in [-0.25, -0.2) is 4.39 Å². The van der Waals surface area contributed by atoms with E-state index in [1.54, 1.807) is 26.1 Å². The number of benzene rings is 1. The molecule has 1 atom stereocenters. The van der Waals surface area contributed by atoms with Crippen LogP contribution in [0.15, 0.2) is 23.2 Å². The first-order valence-electron chi connectivity index (χ1n) is 7.89. The van der Waals surface area contributed by atoms with Crippen molar-refractivity contribution in [3.05, 3.63) is 35.1 Å². The molecule has 1 aromatic carbocycles. The molecule has 0 aromatic heterocycles. The van der Waals surface area contributed by atoms with Crippen LogP contribution < -0.4 is 10.6 Å². The number of guanidine groups is 1. The van der Waals surface area contributed by atoms with E-state index in [1.165, 1.54) is 0 Å². The lowest BCUT2D eigenvalue weighted by molar-refractivity contribution is 0.143. The number of aryl methyl sites for hydroxylation is 1. The average Bonchev–Trinajstić information content (AvgIpc) is 2.51. The molecular formula is C17H29FIN3O. The Labute approximate surface area is 156 Å². The number of hydrogen-bond donors (Lipinski definition) is 2. The lowest BCUT2D eigenvalue weighted by atomic mass is 10.1. The summed E-state index contributed by atoms with van der Waals surface area (Å²) in [4.78, 5) is 4.20. The maximum atomic E-state index is 13.6. The van der Waals surface area contributed by atoms with E-state index >= 15 is 0 Å². The molecule has 1 rings (SSSR count). The molecule has 23 heavy (non-hydrogen) atoms. The Morgan fingerprint density at radius 3 is 2.70 bits per heavy atom. The van der Waals surface area contributed by atoms with E-state index in [0.29, 0.717) is 5.56 Å². The number of aliphatic imine (C=N–C) groups is 1. The second-order valence-corrected chi connectivity index (χ2v) is 5.28. The van der Waals surface area contributed by atoms with Crippen molar-refractivity contribution in [2.45, 2.75) is 39.7 Å². The molecule has 0 saturated heterocycles. The van der Waals surface area contributed by atoms with E-state index in [1.807, 2.05) is 19.9 Å². The monoisotopic (exact) mass is 437 g/mol. The SMILES string of the molecule is CCOCCCCNC(=NC)NC(C)c1ccc(C)c(F)c1.I. The van der Waals surface area contributed by atoms with E-state index in [-0.39, 0.29) is 35.8 Å². The third kappa shape index (κ3) is 8.50. The van der Waals surface area contributed by atoms with Gasteiger partial charge >= 0.3 is 0 Å². The Kier molecular flexibility index (Phi) is 12.0. The van der Waals surface area contributed by atoms with Gasteiger partial charge in [0.05, 0.1) is 6.04 Å². The summed E-state index contributed by atoms with van der Waals surface area (Å²) < 4.78 is 18.9. The second kappa shape index (κ2) is 12.5. The summed E-state index contributed by atoms with van der Waals surface area (Å²) in [6, 6.07) is 5.30. The highest BCUT2D eigenvalue weighted by Gasteiger charge is 2.09. The van der Waals surface area contributed by atoms with Crippen LogP contribution in [-0.2, 0) is 4.74 Å². The minimum atomic E-state index is -0.176. The standard InChI is InChI=1S/C17H28FN3O.HI/c1-5-22-11-7-6-10-20-17(19-4)21-14(3)15-9-8-13(2)16(18)12-15;/h8-9,12,14H,5-7,10-11H2,1-4H3,(H2,19,20,21);1H. The van der Waals surface area contributed by atoms with Gasteiger partial charge in [0.25, 0.3) is 0 Å². The minimum Gasteiger partial charge on any atom is -0.382 e. The lowest BCUT2D eigenvalue weighted by Gasteiger charge is -2.18. The van der Waals surface area contributed by atoms with E-state index in [4.69, 9.17) is 4.74 Å². The van der Waals surface area contributed by atoms with E-state index in [2.05, 4.69) is 15.6 Å². The Morgan fingerprint density at radius 2 is 2.09 bits per heavy atom. The Bertz CT molecular complexity index is 483. The maximum absolute atomic E-state index is 13.6. The topological polar surface area (TPSA) is 45.6 Å². The molecule has 6 heteroatoms. The number of rotatable bonds is 8. The van der Waals surface area contributed by atoms with Crippen LogP contribution in [0.1, 0.15) is 43.9 Å². The van der Waals surface area contributed by atoms with Crippen LogP contribution in [0.4, 0.5) is 4.39 Å². The molecule has 1 aromatic rings. The minimum absolute atomic E-state index is 0. The zero-order valence-corrected chi connectivity index (χ0v) is 16.8. The van der Waals surface area contributed by atoms with Gasteiger partial charge in [-0.2, -0.15) is 0 Å². The fraction of sp³-hybridized carbons (Fsp3) is 0.588. The van der Waals surface area contributed by atoms with Crippen LogP contribution in [0.2, 0.25) is 0 Å². The molecule has 4 nitrogen and oxygen atoms in total. The molecule has 0 spiro atoms. The van der Waals surface area contributed by atoms with Gasteiger partial charge < -0.3 is 15.4 Å². The van der Waals surface area contributed by atoms with Crippen molar-refractivity contribution in [1.82, 2.24) is 10.6 Å². The summed E-state index contributed by atoms with van der Waals surface area (Å²) in [5.41, 5.74) is 1.56. The molecule has 0 aliphatic heterocycles. The highest BCUT2D eigenvalue weighted by atomic mass is 127. The molecule has 0 bridgehead atoms. The lowest BCUT2D eigenvalue weighted by Crippen LogP contribution is -2.39. The first kappa shape index (κ1) is 22.1. The van der Waals surface area contributed by atoms with Crippen LogP contribution in [0.3, 0.4) is 0 Å². The van der Waals surface area contributed by atoms with Crippen LogP contribution in [0.25, 0.3) is 0 Å². The van der Waals surface area contributed by atoms with E-state index in [0.717, 1.165) is 44.1 Å². The van der Waals surface area contributed by atoms with Crippen molar-refractivity contribution in [3.8, 4) is 0 Å². The van der Waals surface area contributed by atoms with Crippen LogP contribution in [-0.4, -0.2) is 32.8 Å². The number of halogens is 2. The van der Waals surface area contributed by atoms with Crippen molar-refractivity contribution < 1.29 is 9.13 Å². The highest BCUT2D eigenvalue weighted by Crippen LogP contribution is 2.16. The maximum Gasteiger partial charge on any atom is 0.191 e. The largest absolute Gasteiger partial charge is 0.382 e. The van der Waals surface area contributed by atoms with Crippen LogP contribution in [0, 0.1) is 12.7 Å². The molecule has 0 fully saturated rings. The van der Waals surface area contributed by atoms with Gasteiger partial charge in [0.2, 0.25) is 0 Å². The average molecular weight is 437 g/mol. The van der Waals surface area contributed by atoms with Gasteiger partial charge in [-0.3, -0.25) is 4.99 Å². The number of nitrogens with one attached hydrogen (secondary N) is 2. The highest BCUT2D eigenvalue weighted by molar-refractivity contribution is 14.0. The molecule has 0 saturated carbocycles. The fourth-order valence-corrected chi connectivity index (χ4v) is 2.04. The zero-order valence-electron chi connectivity index (χ0n) is 14.5. The summed E-state index contributed by atoms with van der Waals surface area (Å²) in [5, 5.41) is 6.54. The van der Waals surface area contributed by atoms with Gasteiger partial charge in [-0.1, -0.05) is 12.1 Å². The van der Waals surface area contributed by atoms with Gasteiger partial charge in [0, 0.05) is 26.8 Å². The quantitative estimate of drug-likeness (QED) is 0.282. The van der Waals surface area contributed by atoms with Crippen molar-refractivity contribution in [1.29, 1.82) is 0 Å². The zero-order chi connectivity index (χ0) is 16.4. The molecule has 0 amide bonds. The number of unbranched alkanes of at least 4 members (excludes halogenated alkanes) is 1. The normalized spacial score (nSPS) is 12.5. The summed E-state index contributed by atoms with van der Waals surface area (Å²) in [6.07, 6.45) is 2.05. The molecule has 0 heterocycles. The van der Waals surface area contributed by atoms with E-state index < -0.39 is 0 Å². The predicted molar refractivity (Wildman–Crippen MR) is 105 cm³/mol. The molecule has 0 radical (unpaired) electrons. The van der Waals surface area contributed by atoms with Crippen LogP contribution in [0.5, 0.6) is 0 Å². The smallest absolute Gasteiger partial charge is 0.191 e. The number of ether oxygens (including phenoxy) is 1. The summed E-state index contributed by atoms with van der Waals surface area (Å²) in [7, 11) is 1.73. The van der Waals surface area contributed by atoms with Crippen LogP contribution >= 0.6 is 24.0 Å². The van der Waals surface area contributed by atoms with Gasteiger partial charge in [-0.05, 0) is 50.8 Å². The first-order valence-corrected chi connectivity index (χ1v) is 7.89. The molecule has 0 aliphatic carbocycles. The third-order valence-corrected chi connectivity index (χ3v) is 3.48. The van der Waals surface area contributed by atoms with Crippen molar-refractivity contribution >= 4 is 29.9 Å². The first-order chi connectivity index (χ1) is 10.6. The number of hydrogen-bond acceptors (Lipinski definition) is 2. The Hall–Kier alpha value is -0.890. The number of nitrogens with zero attached hydrogens (tertiary/aromatic N) is 1. The third-order valence-electron chi connectivity index (χ3n) is 3.48. The van der Waals surface area contributed by atoms with Gasteiger partial charge in [-0.15, -0.1) is 24.0 Å². The summed E-state index contributed by atoms with van der Waals surface area (Å²) in [6.45, 7) is 8.15. The molecule has 0 aliphatic rings. The van der Waals surface area contributed by atoms with Crippen molar-refractivity contribution in [2.24, 2.45) is 4.99 Å². The fourth-order valence-electron chi connectivity index (χ4n) is 2.04. The molecular weight excluding hydrogens is 408 g/mol. The van der Waals surface area contributed by atoms with E-state index in [9.17, 15) is 4.39 Å². The summed E-state index contributed by atoms with van der Waals surface area (Å²) >= 11 is 0.